The minimum absolute atomic E-state index is 0.607. The number of hydrogen-bond donors (Lipinski definition) is 2. The van der Waals surface area contributed by atoms with Crippen LogP contribution < -0.4 is 10.6 Å². The first-order chi connectivity index (χ1) is 13.3. The summed E-state index contributed by atoms with van der Waals surface area (Å²) in [5.74, 6) is 2.04. The van der Waals surface area contributed by atoms with Crippen LogP contribution in [0.2, 0.25) is 0 Å². The third-order valence-electron chi connectivity index (χ3n) is 4.78. The summed E-state index contributed by atoms with van der Waals surface area (Å²) in [6, 6.07) is 18.4. The number of nitrogens with zero attached hydrogens (tertiary/aromatic N) is 3. The highest BCUT2D eigenvalue weighted by Crippen LogP contribution is 2.24. The van der Waals surface area contributed by atoms with Gasteiger partial charge >= 0.3 is 0 Å². The standard InChI is InChI=1S/C21H23N5S/c27-21(22-15-16-8-3-1-4-9-16)23-18-11-7-10-17(14-18)20-25-24-19-12-5-2-6-13-26(19)20/h1,3-4,7-11,14H,2,5-6,12-13,15H2,(H2,22,23,27). The summed E-state index contributed by atoms with van der Waals surface area (Å²) in [5.41, 5.74) is 3.21. The van der Waals surface area contributed by atoms with E-state index in [1.54, 1.807) is 0 Å². The van der Waals surface area contributed by atoms with Crippen LogP contribution in [0.25, 0.3) is 11.4 Å². The Kier molecular flexibility index (Phi) is 5.44. The van der Waals surface area contributed by atoms with Crippen molar-refractivity contribution in [1.29, 1.82) is 0 Å². The predicted molar refractivity (Wildman–Crippen MR) is 113 cm³/mol. The number of fused-ring (bicyclic) bond motifs is 1. The minimum Gasteiger partial charge on any atom is -0.358 e. The zero-order valence-electron chi connectivity index (χ0n) is 15.2. The summed E-state index contributed by atoms with van der Waals surface area (Å²) in [6.07, 6.45) is 4.65. The number of benzene rings is 2. The molecular formula is C21H23N5S. The Morgan fingerprint density at radius 3 is 2.78 bits per heavy atom. The summed E-state index contributed by atoms with van der Waals surface area (Å²) < 4.78 is 2.26. The number of hydrogen-bond acceptors (Lipinski definition) is 3. The van der Waals surface area contributed by atoms with Crippen molar-refractivity contribution < 1.29 is 0 Å². The van der Waals surface area contributed by atoms with Gasteiger partial charge in [0.1, 0.15) is 5.82 Å². The Bertz CT molecular complexity index is 919. The molecule has 0 unspecified atom stereocenters. The van der Waals surface area contributed by atoms with Gasteiger partial charge in [0.15, 0.2) is 10.9 Å². The molecule has 1 aromatic heterocycles. The van der Waals surface area contributed by atoms with Crippen LogP contribution in [0.4, 0.5) is 5.69 Å². The fraction of sp³-hybridized carbons (Fsp3) is 0.286. The maximum absolute atomic E-state index is 5.44. The van der Waals surface area contributed by atoms with Crippen LogP contribution in [0, 0.1) is 0 Å². The third kappa shape index (κ3) is 4.34. The maximum Gasteiger partial charge on any atom is 0.171 e. The second kappa shape index (κ2) is 8.31. The van der Waals surface area contributed by atoms with Crippen LogP contribution in [0.5, 0.6) is 0 Å². The zero-order chi connectivity index (χ0) is 18.5. The molecule has 0 fully saturated rings. The molecule has 6 heteroatoms. The lowest BCUT2D eigenvalue weighted by Gasteiger charge is -2.12. The molecule has 0 spiro atoms. The van der Waals surface area contributed by atoms with E-state index in [2.05, 4.69) is 49.7 Å². The van der Waals surface area contributed by atoms with Gasteiger partial charge in [-0.3, -0.25) is 0 Å². The number of aryl methyl sites for hydroxylation is 1. The van der Waals surface area contributed by atoms with Crippen molar-refractivity contribution in [1.82, 2.24) is 20.1 Å². The van der Waals surface area contributed by atoms with Crippen molar-refractivity contribution in [3.05, 3.63) is 66.0 Å². The molecule has 0 saturated carbocycles. The van der Waals surface area contributed by atoms with Crippen molar-refractivity contribution in [2.24, 2.45) is 0 Å². The molecular weight excluding hydrogens is 354 g/mol. The first kappa shape index (κ1) is 17.7. The van der Waals surface area contributed by atoms with E-state index in [0.717, 1.165) is 35.9 Å². The Morgan fingerprint density at radius 2 is 1.89 bits per heavy atom. The number of anilines is 1. The molecule has 4 rings (SSSR count). The summed E-state index contributed by atoms with van der Waals surface area (Å²) in [6.45, 7) is 1.69. The second-order valence-electron chi connectivity index (χ2n) is 6.78. The molecule has 138 valence electrons. The van der Waals surface area contributed by atoms with E-state index < -0.39 is 0 Å². The molecule has 0 atom stereocenters. The van der Waals surface area contributed by atoms with E-state index in [4.69, 9.17) is 12.2 Å². The van der Waals surface area contributed by atoms with Gasteiger partial charge in [-0.2, -0.15) is 0 Å². The second-order valence-corrected chi connectivity index (χ2v) is 7.18. The predicted octanol–water partition coefficient (Wildman–Crippen LogP) is 4.16. The molecule has 0 aliphatic carbocycles. The first-order valence-electron chi connectivity index (χ1n) is 9.41. The van der Waals surface area contributed by atoms with Gasteiger partial charge in [0.2, 0.25) is 0 Å². The molecule has 3 aromatic rings. The van der Waals surface area contributed by atoms with Crippen LogP contribution in [-0.2, 0) is 19.5 Å². The Labute approximate surface area is 164 Å². The van der Waals surface area contributed by atoms with E-state index in [1.165, 1.54) is 24.8 Å². The highest BCUT2D eigenvalue weighted by Gasteiger charge is 2.16. The van der Waals surface area contributed by atoms with Crippen LogP contribution in [-0.4, -0.2) is 19.9 Å². The SMILES string of the molecule is S=C(NCc1ccccc1)Nc1cccc(-c2nnc3n2CCCCC3)c1. The summed E-state index contributed by atoms with van der Waals surface area (Å²) >= 11 is 5.44. The quantitative estimate of drug-likeness (QED) is 0.669. The van der Waals surface area contributed by atoms with Crippen molar-refractivity contribution in [2.45, 2.75) is 38.8 Å². The molecule has 2 aromatic carbocycles. The van der Waals surface area contributed by atoms with Crippen LogP contribution in [0.3, 0.4) is 0 Å². The molecule has 2 N–H and O–H groups in total. The average Bonchev–Trinajstić information content (AvgIpc) is 2.96. The molecule has 1 aliphatic heterocycles. The van der Waals surface area contributed by atoms with Crippen molar-refractivity contribution in [3.63, 3.8) is 0 Å². The number of thiocarbonyl (C=S) groups is 1. The Balaban J connectivity index is 1.45. The van der Waals surface area contributed by atoms with Gasteiger partial charge < -0.3 is 15.2 Å². The summed E-state index contributed by atoms with van der Waals surface area (Å²) in [4.78, 5) is 0. The largest absolute Gasteiger partial charge is 0.358 e. The number of rotatable bonds is 4. The molecule has 0 saturated heterocycles. The van der Waals surface area contributed by atoms with Gasteiger partial charge in [-0.25, -0.2) is 0 Å². The molecule has 0 radical (unpaired) electrons. The normalized spacial score (nSPS) is 13.5. The van der Waals surface area contributed by atoms with Crippen LogP contribution >= 0.6 is 12.2 Å². The fourth-order valence-electron chi connectivity index (χ4n) is 3.39. The van der Waals surface area contributed by atoms with Crippen molar-refractivity contribution >= 4 is 23.0 Å². The van der Waals surface area contributed by atoms with E-state index in [-0.39, 0.29) is 0 Å². The lowest BCUT2D eigenvalue weighted by atomic mass is 10.2. The number of aromatic nitrogens is 3. The first-order valence-corrected chi connectivity index (χ1v) is 9.82. The Morgan fingerprint density at radius 1 is 1.00 bits per heavy atom. The van der Waals surface area contributed by atoms with E-state index in [0.29, 0.717) is 11.7 Å². The topological polar surface area (TPSA) is 54.8 Å². The van der Waals surface area contributed by atoms with Gasteiger partial charge in [0.05, 0.1) is 0 Å². The maximum atomic E-state index is 5.44. The molecule has 2 heterocycles. The fourth-order valence-corrected chi connectivity index (χ4v) is 3.58. The zero-order valence-corrected chi connectivity index (χ0v) is 16.0. The average molecular weight is 378 g/mol. The highest BCUT2D eigenvalue weighted by molar-refractivity contribution is 7.80. The van der Waals surface area contributed by atoms with Gasteiger partial charge in [-0.1, -0.05) is 48.9 Å². The molecule has 27 heavy (non-hydrogen) atoms. The summed E-state index contributed by atoms with van der Waals surface area (Å²) in [5, 5.41) is 16.0. The van der Waals surface area contributed by atoms with Gasteiger partial charge in [-0.05, 0) is 42.8 Å². The lowest BCUT2D eigenvalue weighted by Crippen LogP contribution is -2.27. The van der Waals surface area contributed by atoms with Gasteiger partial charge in [-0.15, -0.1) is 10.2 Å². The molecule has 1 aliphatic rings. The monoisotopic (exact) mass is 377 g/mol. The highest BCUT2D eigenvalue weighted by atomic mass is 32.1. The van der Waals surface area contributed by atoms with Crippen molar-refractivity contribution in [3.8, 4) is 11.4 Å². The van der Waals surface area contributed by atoms with Gasteiger partial charge in [0, 0.05) is 30.8 Å². The minimum atomic E-state index is 0.607. The van der Waals surface area contributed by atoms with Crippen LogP contribution in [0.1, 0.15) is 30.7 Å². The lowest BCUT2D eigenvalue weighted by molar-refractivity contribution is 0.636. The van der Waals surface area contributed by atoms with Crippen LogP contribution in [0.15, 0.2) is 54.6 Å². The third-order valence-corrected chi connectivity index (χ3v) is 5.03. The smallest absolute Gasteiger partial charge is 0.171 e. The van der Waals surface area contributed by atoms with Crippen molar-refractivity contribution in [2.75, 3.05) is 5.32 Å². The molecule has 0 amide bonds. The van der Waals surface area contributed by atoms with Gasteiger partial charge in [0.25, 0.3) is 0 Å². The summed E-state index contributed by atoms with van der Waals surface area (Å²) in [7, 11) is 0. The van der Waals surface area contributed by atoms with E-state index >= 15 is 0 Å². The Hall–Kier alpha value is -2.73. The molecule has 0 bridgehead atoms. The molecule has 5 nitrogen and oxygen atoms in total. The van der Waals surface area contributed by atoms with E-state index in [9.17, 15) is 0 Å². The van der Waals surface area contributed by atoms with E-state index in [1.807, 2.05) is 30.3 Å². The number of nitrogens with one attached hydrogen (secondary N) is 2.